The van der Waals surface area contributed by atoms with Gasteiger partial charge in [-0.2, -0.15) is 0 Å². The molecule has 2 atom stereocenters. The van der Waals surface area contributed by atoms with E-state index < -0.39 is 10.8 Å². The molecule has 6 heteroatoms. The highest BCUT2D eigenvalue weighted by atomic mass is 79.9. The first kappa shape index (κ1) is 13.9. The Morgan fingerprint density at radius 3 is 2.88 bits per heavy atom. The van der Waals surface area contributed by atoms with Gasteiger partial charge in [0.15, 0.2) is 0 Å². The van der Waals surface area contributed by atoms with E-state index in [1.54, 1.807) is 17.7 Å². The summed E-state index contributed by atoms with van der Waals surface area (Å²) in [4.78, 5) is 11.6. The van der Waals surface area contributed by atoms with Crippen LogP contribution in [-0.4, -0.2) is 28.2 Å². The van der Waals surface area contributed by atoms with Crippen molar-refractivity contribution in [1.29, 1.82) is 0 Å². The van der Waals surface area contributed by atoms with Crippen LogP contribution in [-0.2, 0) is 10.8 Å². The fraction of sp³-hybridized carbons (Fsp3) is 0.500. The zero-order chi connectivity index (χ0) is 12.1. The molecule has 1 heterocycles. The van der Waals surface area contributed by atoms with Gasteiger partial charge in [0.2, 0.25) is 0 Å². The van der Waals surface area contributed by atoms with Gasteiger partial charge in [-0.05, 0) is 28.4 Å². The summed E-state index contributed by atoms with van der Waals surface area (Å²) in [6.07, 6.45) is 2.42. The normalized spacial score (nSPS) is 14.4. The Bertz CT molecular complexity index is 392. The van der Waals surface area contributed by atoms with E-state index >= 15 is 0 Å². The second kappa shape index (κ2) is 6.51. The molecule has 0 aliphatic heterocycles. The van der Waals surface area contributed by atoms with Crippen molar-refractivity contribution in [2.45, 2.75) is 18.6 Å². The molecule has 2 unspecified atom stereocenters. The number of nitrogens with one attached hydrogen (secondary N) is 1. The Morgan fingerprint density at radius 2 is 2.38 bits per heavy atom. The van der Waals surface area contributed by atoms with Gasteiger partial charge in [0.05, 0.1) is 9.35 Å². The first-order chi connectivity index (χ1) is 7.50. The molecule has 0 aliphatic carbocycles. The first-order valence-electron chi connectivity index (χ1n) is 4.85. The third kappa shape index (κ3) is 4.35. The molecule has 1 aromatic rings. The number of hydrogen-bond acceptors (Lipinski definition) is 3. The molecule has 90 valence electrons. The van der Waals surface area contributed by atoms with Crippen molar-refractivity contribution in [3.05, 3.63) is 20.8 Å². The number of thiophene rings is 1. The maximum atomic E-state index is 11.6. The van der Waals surface area contributed by atoms with E-state index in [1.807, 2.05) is 6.92 Å². The van der Waals surface area contributed by atoms with Gasteiger partial charge >= 0.3 is 0 Å². The van der Waals surface area contributed by atoms with Crippen LogP contribution in [0.5, 0.6) is 0 Å². The van der Waals surface area contributed by atoms with Crippen molar-refractivity contribution in [3.8, 4) is 0 Å². The Balaban J connectivity index is 2.34. The third-order valence-corrected chi connectivity index (χ3v) is 5.11. The van der Waals surface area contributed by atoms with E-state index in [-0.39, 0.29) is 11.2 Å². The second-order valence-corrected chi connectivity index (χ2v) is 7.59. The first-order valence-corrected chi connectivity index (χ1v) is 8.14. The Morgan fingerprint density at radius 1 is 1.69 bits per heavy atom. The van der Waals surface area contributed by atoms with Crippen molar-refractivity contribution in [3.63, 3.8) is 0 Å². The number of rotatable bonds is 5. The van der Waals surface area contributed by atoms with Gasteiger partial charge in [-0.3, -0.25) is 9.00 Å². The lowest BCUT2D eigenvalue weighted by atomic mass is 10.3. The minimum absolute atomic E-state index is 0.0731. The Kier molecular flexibility index (Phi) is 5.64. The molecule has 1 aromatic heterocycles. The number of amides is 1. The van der Waals surface area contributed by atoms with Gasteiger partial charge < -0.3 is 5.32 Å². The van der Waals surface area contributed by atoms with Crippen LogP contribution in [0.3, 0.4) is 0 Å². The summed E-state index contributed by atoms with van der Waals surface area (Å²) in [5, 5.41) is 4.74. The van der Waals surface area contributed by atoms with Crippen molar-refractivity contribution < 1.29 is 9.00 Å². The molecule has 1 rings (SSSR count). The maximum absolute atomic E-state index is 11.6. The largest absolute Gasteiger partial charge is 0.352 e. The smallest absolute Gasteiger partial charge is 0.252 e. The predicted octanol–water partition coefficient (Wildman–Crippen LogP) is 2.40. The summed E-state index contributed by atoms with van der Waals surface area (Å²) in [7, 11) is -0.822. The second-order valence-electron chi connectivity index (χ2n) is 3.49. The van der Waals surface area contributed by atoms with Crippen LogP contribution in [0.4, 0.5) is 0 Å². The fourth-order valence-corrected chi connectivity index (χ4v) is 2.67. The van der Waals surface area contributed by atoms with E-state index in [0.717, 1.165) is 10.2 Å². The molecule has 0 fully saturated rings. The summed E-state index contributed by atoms with van der Waals surface area (Å²) in [5.41, 5.74) is 0.669. The summed E-state index contributed by atoms with van der Waals surface area (Å²) in [6, 6.07) is 1.79. The molecule has 0 saturated carbocycles. The van der Waals surface area contributed by atoms with Gasteiger partial charge in [-0.15, -0.1) is 11.3 Å². The number of carbonyl (C=O) groups is 1. The molecule has 0 radical (unpaired) electrons. The maximum Gasteiger partial charge on any atom is 0.252 e. The molecule has 0 saturated heterocycles. The van der Waals surface area contributed by atoms with Crippen LogP contribution >= 0.6 is 27.3 Å². The van der Waals surface area contributed by atoms with Gasteiger partial charge in [0.1, 0.15) is 0 Å². The van der Waals surface area contributed by atoms with E-state index in [9.17, 15) is 9.00 Å². The fourth-order valence-electron chi connectivity index (χ4n) is 1.09. The van der Waals surface area contributed by atoms with Gasteiger partial charge in [0, 0.05) is 34.2 Å². The van der Waals surface area contributed by atoms with Crippen LogP contribution in [0, 0.1) is 0 Å². The van der Waals surface area contributed by atoms with Crippen LogP contribution in [0.2, 0.25) is 0 Å². The Hall–Kier alpha value is -0.200. The molecule has 1 N–H and O–H groups in total. The zero-order valence-corrected chi connectivity index (χ0v) is 12.4. The molecular formula is C10H14BrNO2S2. The molecule has 3 nitrogen and oxygen atoms in total. The molecular weight excluding hydrogens is 310 g/mol. The van der Waals surface area contributed by atoms with Gasteiger partial charge in [0.25, 0.3) is 5.91 Å². The molecule has 0 bridgehead atoms. The van der Waals surface area contributed by atoms with Crippen LogP contribution < -0.4 is 5.32 Å². The monoisotopic (exact) mass is 323 g/mol. The number of carbonyl (C=O) groups excluding carboxylic acids is 1. The topological polar surface area (TPSA) is 46.2 Å². The molecule has 0 aliphatic rings. The SMILES string of the molecule is CC(CCNC(=O)c1csc(Br)c1)S(C)=O. The van der Waals surface area contributed by atoms with Crippen molar-refractivity contribution in [2.24, 2.45) is 0 Å². The van der Waals surface area contributed by atoms with Gasteiger partial charge in [-0.1, -0.05) is 6.92 Å². The molecule has 16 heavy (non-hydrogen) atoms. The van der Waals surface area contributed by atoms with E-state index in [2.05, 4.69) is 21.2 Å². The lowest BCUT2D eigenvalue weighted by molar-refractivity contribution is 0.0953. The Labute approximate surface area is 110 Å². The molecule has 0 spiro atoms. The average Bonchev–Trinajstić information content (AvgIpc) is 2.64. The minimum Gasteiger partial charge on any atom is -0.352 e. The summed E-state index contributed by atoms with van der Waals surface area (Å²) < 4.78 is 12.0. The van der Waals surface area contributed by atoms with Crippen molar-refractivity contribution in [1.82, 2.24) is 5.32 Å². The lowest BCUT2D eigenvalue weighted by Gasteiger charge is -2.08. The van der Waals surface area contributed by atoms with Crippen LogP contribution in [0.1, 0.15) is 23.7 Å². The number of halogens is 1. The highest BCUT2D eigenvalue weighted by molar-refractivity contribution is 9.11. The van der Waals surface area contributed by atoms with Crippen LogP contribution in [0.15, 0.2) is 15.2 Å². The highest BCUT2D eigenvalue weighted by Crippen LogP contribution is 2.20. The minimum atomic E-state index is -0.822. The van der Waals surface area contributed by atoms with E-state index in [4.69, 9.17) is 0 Å². The third-order valence-electron chi connectivity index (χ3n) is 2.23. The summed E-state index contributed by atoms with van der Waals surface area (Å²) >= 11 is 4.79. The number of hydrogen-bond donors (Lipinski definition) is 1. The van der Waals surface area contributed by atoms with Crippen molar-refractivity contribution in [2.75, 3.05) is 12.8 Å². The van der Waals surface area contributed by atoms with Gasteiger partial charge in [-0.25, -0.2) is 0 Å². The lowest BCUT2D eigenvalue weighted by Crippen LogP contribution is -2.27. The van der Waals surface area contributed by atoms with Crippen LogP contribution in [0.25, 0.3) is 0 Å². The summed E-state index contributed by atoms with van der Waals surface area (Å²) in [5.74, 6) is -0.0731. The average molecular weight is 324 g/mol. The highest BCUT2D eigenvalue weighted by Gasteiger charge is 2.09. The van der Waals surface area contributed by atoms with E-state index in [0.29, 0.717) is 12.1 Å². The molecule has 0 aromatic carbocycles. The van der Waals surface area contributed by atoms with Crippen molar-refractivity contribution >= 4 is 44.0 Å². The quantitative estimate of drug-likeness (QED) is 0.904. The van der Waals surface area contributed by atoms with E-state index in [1.165, 1.54) is 11.3 Å². The summed E-state index contributed by atoms with van der Waals surface area (Å²) in [6.45, 7) is 2.48. The zero-order valence-electron chi connectivity index (χ0n) is 9.16. The predicted molar refractivity (Wildman–Crippen MR) is 72.5 cm³/mol. The standard InChI is InChI=1S/C10H14BrNO2S2/c1-7(16(2)14)3-4-12-10(13)8-5-9(11)15-6-8/h5-7H,3-4H2,1-2H3,(H,12,13). The molecule has 1 amide bonds.